The summed E-state index contributed by atoms with van der Waals surface area (Å²) in [6.45, 7) is 3.96. The molecule has 0 spiro atoms. The lowest BCUT2D eigenvalue weighted by molar-refractivity contribution is -0.114. The summed E-state index contributed by atoms with van der Waals surface area (Å²) in [7, 11) is 0. The molecule has 6 heteroatoms. The van der Waals surface area contributed by atoms with Crippen molar-refractivity contribution in [3.8, 4) is 5.75 Å². The topological polar surface area (TPSA) is 63.0 Å². The summed E-state index contributed by atoms with van der Waals surface area (Å²) in [5.74, 6) is 0.230. The smallest absolute Gasteiger partial charge is 0.186 e. The molecule has 1 aliphatic rings. The van der Waals surface area contributed by atoms with Gasteiger partial charge in [0.05, 0.1) is 16.1 Å². The summed E-state index contributed by atoms with van der Waals surface area (Å²) in [6.07, 6.45) is 3.63. The molecule has 23 heavy (non-hydrogen) atoms. The maximum Gasteiger partial charge on any atom is 0.186 e. The zero-order valence-electron chi connectivity index (χ0n) is 12.8. The molecule has 4 nitrogen and oxygen atoms in total. The number of carbonyl (C=O) groups is 1. The van der Waals surface area contributed by atoms with Crippen LogP contribution in [0.15, 0.2) is 40.7 Å². The zero-order valence-corrected chi connectivity index (χ0v) is 14.4. The largest absolute Gasteiger partial charge is 0.491 e. The van der Waals surface area contributed by atoms with Crippen molar-refractivity contribution in [1.82, 2.24) is 4.98 Å². The standard InChI is InChI=1S/C17H16N2O2S2/c1-10(2)21-12-5-3-11(4-6-12)9-13-15(20)14(16(18)23-13)17-19-7-8-22-17/h3-10,14,18H,1-2H3. The quantitative estimate of drug-likeness (QED) is 0.838. The molecule has 1 fully saturated rings. The highest BCUT2D eigenvalue weighted by Gasteiger charge is 2.38. The number of allylic oxidation sites excluding steroid dienone is 1. The van der Waals surface area contributed by atoms with Crippen LogP contribution in [0.3, 0.4) is 0 Å². The molecule has 2 aromatic rings. The number of hydrogen-bond acceptors (Lipinski definition) is 6. The highest BCUT2D eigenvalue weighted by molar-refractivity contribution is 8.19. The highest BCUT2D eigenvalue weighted by Crippen LogP contribution is 2.41. The Balaban J connectivity index is 1.80. The highest BCUT2D eigenvalue weighted by atomic mass is 32.2. The van der Waals surface area contributed by atoms with Crippen LogP contribution in [0.5, 0.6) is 5.75 Å². The van der Waals surface area contributed by atoms with E-state index >= 15 is 0 Å². The van der Waals surface area contributed by atoms with Crippen LogP contribution in [0.25, 0.3) is 6.08 Å². The summed E-state index contributed by atoms with van der Waals surface area (Å²) in [4.78, 5) is 17.3. The molecule has 1 aromatic heterocycles. The van der Waals surface area contributed by atoms with Crippen molar-refractivity contribution >= 4 is 40.0 Å². The van der Waals surface area contributed by atoms with Gasteiger partial charge in [-0.2, -0.15) is 0 Å². The van der Waals surface area contributed by atoms with Crippen LogP contribution in [0, 0.1) is 5.41 Å². The Bertz CT molecular complexity index is 749. The fraction of sp³-hybridized carbons (Fsp3) is 0.235. The number of hydrogen-bond donors (Lipinski definition) is 1. The van der Waals surface area contributed by atoms with Crippen molar-refractivity contribution < 1.29 is 9.53 Å². The van der Waals surface area contributed by atoms with E-state index in [0.29, 0.717) is 15.0 Å². The Hall–Kier alpha value is -1.92. The number of nitrogens with zero attached hydrogens (tertiary/aromatic N) is 1. The second-order valence-corrected chi connectivity index (χ2v) is 7.39. The number of ketones is 1. The fourth-order valence-electron chi connectivity index (χ4n) is 2.26. The van der Waals surface area contributed by atoms with Crippen LogP contribution < -0.4 is 4.74 Å². The van der Waals surface area contributed by atoms with Crippen LogP contribution >= 0.6 is 23.1 Å². The van der Waals surface area contributed by atoms with Gasteiger partial charge in [-0.05, 0) is 37.6 Å². The van der Waals surface area contributed by atoms with Gasteiger partial charge in [0.15, 0.2) is 5.78 Å². The minimum atomic E-state index is -0.533. The van der Waals surface area contributed by atoms with Crippen molar-refractivity contribution in [2.45, 2.75) is 25.9 Å². The molecule has 1 unspecified atom stereocenters. The predicted octanol–water partition coefficient (Wildman–Crippen LogP) is 4.35. The number of nitrogens with one attached hydrogen (secondary N) is 1. The second kappa shape index (κ2) is 6.68. The van der Waals surface area contributed by atoms with E-state index in [2.05, 4.69) is 4.98 Å². The van der Waals surface area contributed by atoms with Gasteiger partial charge in [-0.25, -0.2) is 4.98 Å². The van der Waals surface area contributed by atoms with Crippen LogP contribution in [0.1, 0.15) is 30.3 Å². The first-order chi connectivity index (χ1) is 11.0. The van der Waals surface area contributed by atoms with Crippen LogP contribution in [-0.4, -0.2) is 21.9 Å². The zero-order chi connectivity index (χ0) is 16.4. The van der Waals surface area contributed by atoms with Crippen molar-refractivity contribution in [2.24, 2.45) is 0 Å². The molecule has 1 aromatic carbocycles. The van der Waals surface area contributed by atoms with Crippen molar-refractivity contribution in [3.63, 3.8) is 0 Å². The van der Waals surface area contributed by atoms with Gasteiger partial charge >= 0.3 is 0 Å². The number of Topliss-reactive ketones (excluding diaryl/α,β-unsaturated/α-hetero) is 1. The SMILES string of the molecule is CC(C)Oc1ccc(C=C2SC(=N)C(c3nccs3)C2=O)cc1. The molecule has 0 amide bonds. The normalized spacial score (nSPS) is 19.8. The lowest BCUT2D eigenvalue weighted by Crippen LogP contribution is -2.11. The monoisotopic (exact) mass is 344 g/mol. The molecule has 1 N–H and O–H groups in total. The summed E-state index contributed by atoms with van der Waals surface area (Å²) in [6, 6.07) is 7.61. The molecule has 0 aliphatic carbocycles. The average molecular weight is 344 g/mol. The molecule has 1 atom stereocenters. The summed E-state index contributed by atoms with van der Waals surface area (Å²) >= 11 is 2.63. The molecule has 2 heterocycles. The third-order valence-corrected chi connectivity index (χ3v) is 5.07. The molecule has 1 aliphatic heterocycles. The van der Waals surface area contributed by atoms with E-state index in [1.165, 1.54) is 23.1 Å². The molecular weight excluding hydrogens is 328 g/mol. The molecule has 118 valence electrons. The first kappa shape index (κ1) is 16.0. The molecule has 0 radical (unpaired) electrons. The minimum Gasteiger partial charge on any atom is -0.491 e. The van der Waals surface area contributed by atoms with Gasteiger partial charge in [0.25, 0.3) is 0 Å². The van der Waals surface area contributed by atoms with Crippen LogP contribution in [-0.2, 0) is 4.79 Å². The van der Waals surface area contributed by atoms with Gasteiger partial charge in [-0.1, -0.05) is 23.9 Å². The lowest BCUT2D eigenvalue weighted by Gasteiger charge is -2.09. The number of rotatable bonds is 4. The van der Waals surface area contributed by atoms with E-state index in [1.807, 2.05) is 49.6 Å². The van der Waals surface area contributed by atoms with Crippen molar-refractivity contribution in [1.29, 1.82) is 5.41 Å². The van der Waals surface area contributed by atoms with Gasteiger partial charge < -0.3 is 4.74 Å². The third kappa shape index (κ3) is 3.54. The molecule has 3 rings (SSSR count). The molecule has 0 saturated carbocycles. The number of aromatic nitrogens is 1. The lowest BCUT2D eigenvalue weighted by atomic mass is 10.1. The summed E-state index contributed by atoms with van der Waals surface area (Å²) in [5, 5.41) is 10.9. The number of thioether (sulfide) groups is 1. The maximum atomic E-state index is 12.5. The van der Waals surface area contributed by atoms with E-state index in [4.69, 9.17) is 10.1 Å². The molecule has 1 saturated heterocycles. The molecule has 0 bridgehead atoms. The first-order valence-corrected chi connectivity index (χ1v) is 8.92. The van der Waals surface area contributed by atoms with E-state index in [9.17, 15) is 4.79 Å². The molecular formula is C17H16N2O2S2. The number of benzene rings is 1. The first-order valence-electron chi connectivity index (χ1n) is 7.23. The van der Waals surface area contributed by atoms with Gasteiger partial charge in [0.2, 0.25) is 0 Å². The van der Waals surface area contributed by atoms with Crippen molar-refractivity contribution in [3.05, 3.63) is 51.3 Å². The Morgan fingerprint density at radius 3 is 2.65 bits per heavy atom. The predicted molar refractivity (Wildman–Crippen MR) is 95.4 cm³/mol. The van der Waals surface area contributed by atoms with E-state index in [0.717, 1.165) is 11.3 Å². The van der Waals surface area contributed by atoms with Gasteiger partial charge in [-0.3, -0.25) is 10.2 Å². The van der Waals surface area contributed by atoms with E-state index in [-0.39, 0.29) is 11.9 Å². The average Bonchev–Trinajstić information content (AvgIpc) is 3.10. The van der Waals surface area contributed by atoms with Gasteiger partial charge in [0.1, 0.15) is 16.7 Å². The van der Waals surface area contributed by atoms with Gasteiger partial charge in [-0.15, -0.1) is 11.3 Å². The number of thiazole rings is 1. The van der Waals surface area contributed by atoms with Gasteiger partial charge in [0, 0.05) is 11.6 Å². The summed E-state index contributed by atoms with van der Waals surface area (Å²) < 4.78 is 5.61. The van der Waals surface area contributed by atoms with Crippen LogP contribution in [0.2, 0.25) is 0 Å². The second-order valence-electron chi connectivity index (χ2n) is 5.38. The minimum absolute atomic E-state index is 0.0440. The van der Waals surface area contributed by atoms with Crippen LogP contribution in [0.4, 0.5) is 0 Å². The Morgan fingerprint density at radius 2 is 2.04 bits per heavy atom. The Kier molecular flexibility index (Phi) is 4.63. The Morgan fingerprint density at radius 1 is 1.30 bits per heavy atom. The van der Waals surface area contributed by atoms with E-state index < -0.39 is 5.92 Å². The number of carbonyl (C=O) groups excluding carboxylic acids is 1. The van der Waals surface area contributed by atoms with E-state index in [1.54, 1.807) is 6.20 Å². The third-order valence-electron chi connectivity index (χ3n) is 3.24. The maximum absolute atomic E-state index is 12.5. The fourth-order valence-corrected chi connectivity index (χ4v) is 4.06. The number of ether oxygens (including phenoxy) is 1. The Labute approximate surface area is 143 Å². The van der Waals surface area contributed by atoms with Crippen molar-refractivity contribution in [2.75, 3.05) is 0 Å². The summed E-state index contributed by atoms with van der Waals surface area (Å²) in [5.41, 5.74) is 0.921.